The van der Waals surface area contributed by atoms with Crippen LogP contribution >= 0.6 is 0 Å². The van der Waals surface area contributed by atoms with Crippen molar-refractivity contribution in [1.29, 1.82) is 0 Å². The van der Waals surface area contributed by atoms with Crippen LogP contribution in [0.4, 0.5) is 0 Å². The standard InChI is InChI=1S/C16H36N.CH4O4S/c1-5-6-7-8-9-10-11-12-13-14-15-16-17(2,3)4;1-5-6(2,3)4/h5-16H2,1-4H3;1H3,(H,2,3,4)/q+1;/p-1. The quantitative estimate of drug-likeness (QED) is 0.216. The van der Waals surface area contributed by atoms with Crippen molar-refractivity contribution in [3.05, 3.63) is 0 Å². The average Bonchev–Trinajstić information content (AvgIpc) is 2.43. The highest BCUT2D eigenvalue weighted by atomic mass is 32.3. The molecule has 0 rings (SSSR count). The molecule has 0 aromatic rings. The third-order valence-electron chi connectivity index (χ3n) is 3.64. The molecule has 0 saturated carbocycles. The molecule has 6 heteroatoms. The number of rotatable bonds is 13. The van der Waals surface area contributed by atoms with E-state index in [1.165, 1.54) is 77.2 Å². The summed E-state index contributed by atoms with van der Waals surface area (Å²) in [6, 6.07) is 0. The van der Waals surface area contributed by atoms with Crippen LogP contribution in [0.2, 0.25) is 0 Å². The van der Waals surface area contributed by atoms with E-state index >= 15 is 0 Å². The van der Waals surface area contributed by atoms with Crippen molar-refractivity contribution in [1.82, 2.24) is 0 Å². The van der Waals surface area contributed by atoms with E-state index in [0.717, 1.165) is 11.6 Å². The van der Waals surface area contributed by atoms with Crippen molar-refractivity contribution in [2.75, 3.05) is 34.8 Å². The van der Waals surface area contributed by atoms with Crippen molar-refractivity contribution >= 4 is 10.4 Å². The molecule has 0 amide bonds. The van der Waals surface area contributed by atoms with Crippen LogP contribution in [0, 0.1) is 0 Å². The van der Waals surface area contributed by atoms with Crippen LogP contribution in [0.1, 0.15) is 77.6 Å². The van der Waals surface area contributed by atoms with Crippen LogP contribution in [0.25, 0.3) is 0 Å². The van der Waals surface area contributed by atoms with Gasteiger partial charge in [-0.25, -0.2) is 8.42 Å². The number of hydrogen-bond donors (Lipinski definition) is 0. The zero-order chi connectivity index (χ0) is 18.2. The van der Waals surface area contributed by atoms with Crippen LogP contribution in [0.15, 0.2) is 0 Å². The highest BCUT2D eigenvalue weighted by Crippen LogP contribution is 2.11. The van der Waals surface area contributed by atoms with E-state index in [4.69, 9.17) is 0 Å². The third kappa shape index (κ3) is 30.3. The summed E-state index contributed by atoms with van der Waals surface area (Å²) in [7, 11) is 3.26. The predicted octanol–water partition coefficient (Wildman–Crippen LogP) is 4.10. The maximum Gasteiger partial charge on any atom is 0.217 e. The topological polar surface area (TPSA) is 66.4 Å². The minimum Gasteiger partial charge on any atom is -0.726 e. The van der Waals surface area contributed by atoms with Gasteiger partial charge in [0.05, 0.1) is 34.8 Å². The molecule has 5 nitrogen and oxygen atoms in total. The fraction of sp³-hybridized carbons (Fsp3) is 1.00. The summed E-state index contributed by atoms with van der Waals surface area (Å²) in [5.74, 6) is 0. The lowest BCUT2D eigenvalue weighted by Crippen LogP contribution is -2.35. The summed E-state index contributed by atoms with van der Waals surface area (Å²) in [5, 5.41) is 0. The first-order chi connectivity index (χ1) is 10.6. The SMILES string of the molecule is CCCCCCCCCCCCC[N+](C)(C)C.COS(=O)(=O)[O-]. The van der Waals surface area contributed by atoms with Gasteiger partial charge in [-0.05, 0) is 12.8 Å². The molecule has 142 valence electrons. The Balaban J connectivity index is 0. The highest BCUT2D eigenvalue weighted by Gasteiger charge is 2.04. The summed E-state index contributed by atoms with van der Waals surface area (Å²) in [5.41, 5.74) is 0. The Kier molecular flexibility index (Phi) is 16.7. The summed E-state index contributed by atoms with van der Waals surface area (Å²) in [4.78, 5) is 0. The summed E-state index contributed by atoms with van der Waals surface area (Å²) in [6.45, 7) is 3.62. The van der Waals surface area contributed by atoms with Gasteiger partial charge in [-0.1, -0.05) is 64.7 Å². The molecule has 0 radical (unpaired) electrons. The first kappa shape index (κ1) is 25.1. The van der Waals surface area contributed by atoms with Crippen LogP contribution < -0.4 is 0 Å². The molecule has 0 saturated heterocycles. The van der Waals surface area contributed by atoms with Crippen LogP contribution in [-0.2, 0) is 14.6 Å². The second kappa shape index (κ2) is 15.4. The lowest BCUT2D eigenvalue weighted by Gasteiger charge is -2.23. The number of unbranched alkanes of at least 4 members (excludes halogenated alkanes) is 10. The maximum atomic E-state index is 9.22. The van der Waals surface area contributed by atoms with Gasteiger partial charge in [0, 0.05) is 0 Å². The predicted molar refractivity (Wildman–Crippen MR) is 96.1 cm³/mol. The highest BCUT2D eigenvalue weighted by molar-refractivity contribution is 7.80. The van der Waals surface area contributed by atoms with Crippen LogP contribution in [-0.4, -0.2) is 52.3 Å². The van der Waals surface area contributed by atoms with E-state index in [-0.39, 0.29) is 0 Å². The monoisotopic (exact) mass is 353 g/mol. The number of quaternary nitrogens is 1. The van der Waals surface area contributed by atoms with Crippen LogP contribution in [0.3, 0.4) is 0 Å². The van der Waals surface area contributed by atoms with E-state index in [1.54, 1.807) is 0 Å². The Morgan fingerprint density at radius 2 is 1.09 bits per heavy atom. The Labute approximate surface area is 145 Å². The second-order valence-corrected chi connectivity index (χ2v) is 8.27. The molecule has 0 heterocycles. The Hall–Kier alpha value is -0.170. The van der Waals surface area contributed by atoms with Crippen molar-refractivity contribution in [3.8, 4) is 0 Å². The molecule has 0 fully saturated rings. The van der Waals surface area contributed by atoms with Gasteiger partial charge in [-0.2, -0.15) is 0 Å². The van der Waals surface area contributed by atoms with E-state index in [1.807, 2.05) is 0 Å². The Morgan fingerprint density at radius 3 is 1.35 bits per heavy atom. The van der Waals surface area contributed by atoms with E-state index in [0.29, 0.717) is 0 Å². The first-order valence-electron chi connectivity index (χ1n) is 8.94. The average molecular weight is 354 g/mol. The van der Waals surface area contributed by atoms with Gasteiger partial charge < -0.3 is 9.04 Å². The molecule has 0 aliphatic rings. The van der Waals surface area contributed by atoms with E-state index in [9.17, 15) is 13.0 Å². The fourth-order valence-electron chi connectivity index (χ4n) is 2.25. The Bertz CT molecular complexity index is 337. The largest absolute Gasteiger partial charge is 0.726 e. The molecule has 0 aliphatic carbocycles. The van der Waals surface area contributed by atoms with Gasteiger partial charge in [-0.3, -0.25) is 4.18 Å². The molecule has 0 spiro atoms. The van der Waals surface area contributed by atoms with E-state index < -0.39 is 10.4 Å². The normalized spacial score (nSPS) is 11.9. The molecule has 0 aromatic heterocycles. The van der Waals surface area contributed by atoms with Crippen molar-refractivity contribution in [2.24, 2.45) is 0 Å². The zero-order valence-electron chi connectivity index (χ0n) is 16.0. The minimum absolute atomic E-state index is 0.808. The fourth-order valence-corrected chi connectivity index (χ4v) is 2.25. The number of hydrogen-bond acceptors (Lipinski definition) is 4. The number of nitrogens with zero attached hydrogens (tertiary/aromatic N) is 1. The molecule has 0 N–H and O–H groups in total. The van der Waals surface area contributed by atoms with Gasteiger partial charge >= 0.3 is 0 Å². The van der Waals surface area contributed by atoms with Gasteiger partial charge in [0.2, 0.25) is 10.4 Å². The van der Waals surface area contributed by atoms with Gasteiger partial charge in [-0.15, -0.1) is 0 Å². The molecular formula is C17H39NO4S. The molecule has 23 heavy (non-hydrogen) atoms. The summed E-state index contributed by atoms with van der Waals surface area (Å²) in [6.07, 6.45) is 15.9. The molecule has 0 bridgehead atoms. The summed E-state index contributed by atoms with van der Waals surface area (Å²) < 4.78 is 32.1. The third-order valence-corrected chi connectivity index (χ3v) is 4.04. The van der Waals surface area contributed by atoms with Crippen molar-refractivity contribution < 1.29 is 21.6 Å². The van der Waals surface area contributed by atoms with Gasteiger partial charge in [0.25, 0.3) is 0 Å². The Morgan fingerprint density at radius 1 is 0.783 bits per heavy atom. The van der Waals surface area contributed by atoms with Crippen molar-refractivity contribution in [2.45, 2.75) is 77.6 Å². The van der Waals surface area contributed by atoms with E-state index in [2.05, 4.69) is 32.2 Å². The van der Waals surface area contributed by atoms with Crippen LogP contribution in [0.5, 0.6) is 0 Å². The molecule has 0 unspecified atom stereocenters. The first-order valence-corrected chi connectivity index (χ1v) is 10.3. The summed E-state index contributed by atoms with van der Waals surface area (Å²) >= 11 is 0. The lowest BCUT2D eigenvalue weighted by atomic mass is 10.1. The minimum atomic E-state index is -4.41. The maximum absolute atomic E-state index is 9.22. The molecule has 0 atom stereocenters. The smallest absolute Gasteiger partial charge is 0.217 e. The zero-order valence-corrected chi connectivity index (χ0v) is 16.8. The van der Waals surface area contributed by atoms with Crippen molar-refractivity contribution in [3.63, 3.8) is 0 Å². The lowest BCUT2D eigenvalue weighted by molar-refractivity contribution is -0.870. The van der Waals surface area contributed by atoms with Gasteiger partial charge in [0.1, 0.15) is 0 Å². The molecule has 0 aliphatic heterocycles. The second-order valence-electron chi connectivity index (χ2n) is 7.12. The molecular weight excluding hydrogens is 314 g/mol. The molecule has 0 aromatic carbocycles. The van der Waals surface area contributed by atoms with Gasteiger partial charge in [0.15, 0.2) is 0 Å².